The molecule has 1 saturated heterocycles. The van der Waals surface area contributed by atoms with Crippen molar-refractivity contribution >= 4 is 18.2 Å². The van der Waals surface area contributed by atoms with Crippen LogP contribution in [0.25, 0.3) is 5.65 Å². The number of rotatable bonds is 1. The Morgan fingerprint density at radius 1 is 1.14 bits per heavy atom. The molecule has 21 heavy (non-hydrogen) atoms. The number of hydrogen-bond acceptors (Lipinski definition) is 4. The summed E-state index contributed by atoms with van der Waals surface area (Å²) in [6.07, 6.45) is 1.71. The van der Waals surface area contributed by atoms with Crippen LogP contribution in [-0.2, 0) is 9.31 Å². The van der Waals surface area contributed by atoms with Gasteiger partial charge in [0, 0.05) is 18.0 Å². The van der Waals surface area contributed by atoms with Crippen LogP contribution in [0.5, 0.6) is 0 Å². The highest BCUT2D eigenvalue weighted by molar-refractivity contribution is 6.62. The molecule has 0 saturated carbocycles. The molecule has 0 atom stereocenters. The van der Waals surface area contributed by atoms with Gasteiger partial charge in [0.05, 0.1) is 11.2 Å². The van der Waals surface area contributed by atoms with Gasteiger partial charge in [-0.3, -0.25) is 9.20 Å². The third-order valence-corrected chi connectivity index (χ3v) is 4.34. The largest absolute Gasteiger partial charge is 0.495 e. The maximum atomic E-state index is 11.9. The molecule has 2 aromatic heterocycles. The third-order valence-electron chi connectivity index (χ3n) is 4.34. The first-order chi connectivity index (χ1) is 9.69. The second-order valence-corrected chi connectivity index (χ2v) is 6.51. The van der Waals surface area contributed by atoms with Crippen LogP contribution in [0.3, 0.4) is 0 Å². The van der Waals surface area contributed by atoms with Crippen LogP contribution in [-0.4, -0.2) is 27.7 Å². The summed E-state index contributed by atoms with van der Waals surface area (Å²) in [5.74, 6) is 0. The van der Waals surface area contributed by atoms with Gasteiger partial charge in [-0.25, -0.2) is 4.98 Å². The van der Waals surface area contributed by atoms with Gasteiger partial charge in [0.25, 0.3) is 5.56 Å². The van der Waals surface area contributed by atoms with Crippen LogP contribution in [0.15, 0.2) is 29.2 Å². The Kier molecular flexibility index (Phi) is 3.01. The molecule has 3 heterocycles. The molecule has 1 fully saturated rings. The smallest absolute Gasteiger partial charge is 0.399 e. The number of nitrogens with zero attached hydrogens (tertiary/aromatic N) is 2. The molecule has 0 unspecified atom stereocenters. The Hall–Kier alpha value is -1.66. The molecule has 1 aliphatic rings. The molecule has 2 aromatic rings. The Labute approximate surface area is 124 Å². The van der Waals surface area contributed by atoms with E-state index in [2.05, 4.69) is 4.98 Å². The maximum absolute atomic E-state index is 11.9. The molecule has 0 aromatic carbocycles. The molecule has 0 N–H and O–H groups in total. The lowest BCUT2D eigenvalue weighted by molar-refractivity contribution is 0.00578. The molecule has 0 radical (unpaired) electrons. The predicted molar refractivity (Wildman–Crippen MR) is 81.9 cm³/mol. The Morgan fingerprint density at radius 3 is 2.38 bits per heavy atom. The second kappa shape index (κ2) is 4.42. The van der Waals surface area contributed by atoms with Gasteiger partial charge in [-0.05, 0) is 52.2 Å². The standard InChI is InChI=1S/C15H19BN2O3/c1-10-8-13(19)18-7-6-11(9-12(18)17-10)16-20-14(2,3)15(4,5)21-16/h6-9H,1-5H3. The zero-order valence-electron chi connectivity index (χ0n) is 13.0. The quantitative estimate of drug-likeness (QED) is 0.742. The van der Waals surface area contributed by atoms with Crippen LogP contribution in [0.1, 0.15) is 33.4 Å². The lowest BCUT2D eigenvalue weighted by Crippen LogP contribution is -2.41. The van der Waals surface area contributed by atoms with Crippen molar-refractivity contribution in [3.8, 4) is 0 Å². The molecule has 0 spiro atoms. The fraction of sp³-hybridized carbons (Fsp3) is 0.467. The lowest BCUT2D eigenvalue weighted by atomic mass is 9.80. The molecular formula is C15H19BN2O3. The van der Waals surface area contributed by atoms with Crippen LogP contribution in [0.2, 0.25) is 0 Å². The maximum Gasteiger partial charge on any atom is 0.495 e. The van der Waals surface area contributed by atoms with E-state index in [1.807, 2.05) is 46.8 Å². The SMILES string of the molecule is Cc1cc(=O)n2ccc(B3OC(C)(C)C(C)(C)O3)cc2n1. The van der Waals surface area contributed by atoms with Crippen molar-refractivity contribution in [3.63, 3.8) is 0 Å². The second-order valence-electron chi connectivity index (χ2n) is 6.51. The molecule has 1 aliphatic heterocycles. The normalized spacial score (nSPS) is 20.1. The summed E-state index contributed by atoms with van der Waals surface area (Å²) in [6, 6.07) is 5.20. The topological polar surface area (TPSA) is 52.8 Å². The summed E-state index contributed by atoms with van der Waals surface area (Å²) >= 11 is 0. The van der Waals surface area contributed by atoms with E-state index >= 15 is 0 Å². The average molecular weight is 286 g/mol. The number of pyridine rings is 1. The lowest BCUT2D eigenvalue weighted by Gasteiger charge is -2.32. The first-order valence-electron chi connectivity index (χ1n) is 7.05. The van der Waals surface area contributed by atoms with E-state index in [1.165, 1.54) is 10.5 Å². The summed E-state index contributed by atoms with van der Waals surface area (Å²) in [4.78, 5) is 16.3. The zero-order chi connectivity index (χ0) is 15.4. The fourth-order valence-corrected chi connectivity index (χ4v) is 2.36. The van der Waals surface area contributed by atoms with E-state index in [0.717, 1.165) is 5.46 Å². The van der Waals surface area contributed by atoms with Gasteiger partial charge in [0.1, 0.15) is 5.65 Å². The van der Waals surface area contributed by atoms with E-state index in [0.29, 0.717) is 11.3 Å². The fourth-order valence-electron chi connectivity index (χ4n) is 2.36. The summed E-state index contributed by atoms with van der Waals surface area (Å²) in [6.45, 7) is 9.87. The predicted octanol–water partition coefficient (Wildman–Crippen LogP) is 1.30. The van der Waals surface area contributed by atoms with Gasteiger partial charge in [-0.15, -0.1) is 0 Å². The van der Waals surface area contributed by atoms with Gasteiger partial charge in [0.2, 0.25) is 0 Å². The third kappa shape index (κ3) is 2.28. The van der Waals surface area contributed by atoms with E-state index in [4.69, 9.17) is 9.31 Å². The molecule has 6 heteroatoms. The molecule has 3 rings (SSSR count). The highest BCUT2D eigenvalue weighted by Gasteiger charge is 2.51. The summed E-state index contributed by atoms with van der Waals surface area (Å²) in [5, 5.41) is 0. The van der Waals surface area contributed by atoms with Crippen molar-refractivity contribution in [2.75, 3.05) is 0 Å². The van der Waals surface area contributed by atoms with Crippen LogP contribution in [0.4, 0.5) is 0 Å². The van der Waals surface area contributed by atoms with Crippen LogP contribution in [0, 0.1) is 6.92 Å². The Morgan fingerprint density at radius 2 is 1.76 bits per heavy atom. The number of aromatic nitrogens is 2. The van der Waals surface area contributed by atoms with E-state index in [1.54, 1.807) is 6.20 Å². The van der Waals surface area contributed by atoms with Crippen molar-refractivity contribution in [2.45, 2.75) is 45.8 Å². The van der Waals surface area contributed by atoms with Gasteiger partial charge < -0.3 is 9.31 Å². The number of fused-ring (bicyclic) bond motifs is 1. The monoisotopic (exact) mass is 286 g/mol. The van der Waals surface area contributed by atoms with Gasteiger partial charge in [-0.1, -0.05) is 0 Å². The number of hydrogen-bond donors (Lipinski definition) is 0. The summed E-state index contributed by atoms with van der Waals surface area (Å²) in [7, 11) is -0.447. The molecule has 0 bridgehead atoms. The zero-order valence-corrected chi connectivity index (χ0v) is 13.0. The van der Waals surface area contributed by atoms with Crippen molar-refractivity contribution in [2.24, 2.45) is 0 Å². The van der Waals surface area contributed by atoms with E-state index < -0.39 is 7.12 Å². The minimum absolute atomic E-state index is 0.0852. The first kappa shape index (κ1) is 14.3. The van der Waals surface area contributed by atoms with Crippen molar-refractivity contribution in [1.82, 2.24) is 9.38 Å². The Balaban J connectivity index is 2.05. The molecule has 110 valence electrons. The minimum Gasteiger partial charge on any atom is -0.399 e. The van der Waals surface area contributed by atoms with Crippen molar-refractivity contribution in [1.29, 1.82) is 0 Å². The minimum atomic E-state index is -0.447. The first-order valence-corrected chi connectivity index (χ1v) is 7.05. The van der Waals surface area contributed by atoms with Gasteiger partial charge in [-0.2, -0.15) is 0 Å². The molecular weight excluding hydrogens is 267 g/mol. The van der Waals surface area contributed by atoms with Crippen molar-refractivity contribution in [3.05, 3.63) is 40.4 Å². The molecule has 5 nitrogen and oxygen atoms in total. The van der Waals surface area contributed by atoms with Gasteiger partial charge >= 0.3 is 7.12 Å². The molecule has 0 aliphatic carbocycles. The van der Waals surface area contributed by atoms with Crippen molar-refractivity contribution < 1.29 is 9.31 Å². The number of aryl methyl sites for hydroxylation is 1. The highest BCUT2D eigenvalue weighted by atomic mass is 16.7. The van der Waals surface area contributed by atoms with Crippen LogP contribution >= 0.6 is 0 Å². The Bertz CT molecular complexity index is 751. The average Bonchev–Trinajstić information content (AvgIpc) is 2.57. The van der Waals surface area contributed by atoms with E-state index in [9.17, 15) is 4.79 Å². The van der Waals surface area contributed by atoms with Crippen LogP contribution < -0.4 is 11.0 Å². The molecule has 0 amide bonds. The van der Waals surface area contributed by atoms with E-state index in [-0.39, 0.29) is 16.8 Å². The summed E-state index contributed by atoms with van der Waals surface area (Å²) < 4.78 is 13.6. The van der Waals surface area contributed by atoms with Gasteiger partial charge in [0.15, 0.2) is 0 Å². The highest BCUT2D eigenvalue weighted by Crippen LogP contribution is 2.36. The summed E-state index contributed by atoms with van der Waals surface area (Å²) in [5.41, 5.74) is 1.31.